The molecule has 0 bridgehead atoms. The van der Waals surface area contributed by atoms with E-state index in [4.69, 9.17) is 4.74 Å². The fourth-order valence-electron chi connectivity index (χ4n) is 3.27. The number of hydrogen-bond acceptors (Lipinski definition) is 5. The molecular formula is C18H24F3N3O4S. The van der Waals surface area contributed by atoms with Gasteiger partial charge in [0.05, 0.1) is 13.7 Å². The van der Waals surface area contributed by atoms with Gasteiger partial charge >= 0.3 is 6.18 Å². The maximum atomic E-state index is 12.9. The van der Waals surface area contributed by atoms with Crippen molar-refractivity contribution in [2.45, 2.75) is 36.4 Å². The van der Waals surface area contributed by atoms with Crippen LogP contribution in [0, 0.1) is 0 Å². The fourth-order valence-corrected chi connectivity index (χ4v) is 4.77. The summed E-state index contributed by atoms with van der Waals surface area (Å²) in [6.45, 7) is -0.204. The highest BCUT2D eigenvalue weighted by atomic mass is 32.2. The molecule has 1 aliphatic carbocycles. The Morgan fingerprint density at radius 3 is 2.55 bits per heavy atom. The van der Waals surface area contributed by atoms with E-state index in [-0.39, 0.29) is 41.9 Å². The Morgan fingerprint density at radius 2 is 1.93 bits per heavy atom. The van der Waals surface area contributed by atoms with Crippen molar-refractivity contribution >= 4 is 15.9 Å². The van der Waals surface area contributed by atoms with Gasteiger partial charge in [0.1, 0.15) is 10.6 Å². The van der Waals surface area contributed by atoms with Crippen molar-refractivity contribution < 1.29 is 31.1 Å². The van der Waals surface area contributed by atoms with Gasteiger partial charge in [-0.25, -0.2) is 13.1 Å². The summed E-state index contributed by atoms with van der Waals surface area (Å²) in [6.07, 6.45) is -2.34. The van der Waals surface area contributed by atoms with E-state index in [1.807, 2.05) is 0 Å². The van der Waals surface area contributed by atoms with Gasteiger partial charge in [-0.2, -0.15) is 13.2 Å². The summed E-state index contributed by atoms with van der Waals surface area (Å²) < 4.78 is 70.8. The van der Waals surface area contributed by atoms with E-state index in [1.165, 1.54) is 35.1 Å². The molecule has 162 valence electrons. The quantitative estimate of drug-likeness (QED) is 0.738. The van der Waals surface area contributed by atoms with Crippen LogP contribution in [0.25, 0.3) is 0 Å². The molecule has 2 aliphatic rings. The number of benzene rings is 1. The molecule has 1 saturated carbocycles. The van der Waals surface area contributed by atoms with Crippen LogP contribution < -0.4 is 9.46 Å². The number of nitrogens with zero attached hydrogens (tertiary/aromatic N) is 2. The largest absolute Gasteiger partial charge is 0.495 e. The predicted molar refractivity (Wildman–Crippen MR) is 99.4 cm³/mol. The van der Waals surface area contributed by atoms with E-state index in [1.54, 1.807) is 0 Å². The summed E-state index contributed by atoms with van der Waals surface area (Å²) >= 11 is 0. The van der Waals surface area contributed by atoms with E-state index >= 15 is 0 Å². The predicted octanol–water partition coefficient (Wildman–Crippen LogP) is 1.85. The minimum absolute atomic E-state index is 0.103. The Hall–Kier alpha value is -1.85. The summed E-state index contributed by atoms with van der Waals surface area (Å²) in [5, 5.41) is 0. The van der Waals surface area contributed by atoms with E-state index in [9.17, 15) is 26.4 Å². The van der Waals surface area contributed by atoms with Crippen molar-refractivity contribution in [2.75, 3.05) is 39.8 Å². The molecular weight excluding hydrogens is 411 g/mol. The summed E-state index contributed by atoms with van der Waals surface area (Å²) in [5.74, 6) is -0.286. The number of hydrogen-bond donors (Lipinski definition) is 1. The molecule has 0 radical (unpaired) electrons. The van der Waals surface area contributed by atoms with Crippen molar-refractivity contribution in [2.24, 2.45) is 0 Å². The zero-order valence-electron chi connectivity index (χ0n) is 16.0. The average molecular weight is 435 g/mol. The average Bonchev–Trinajstić information content (AvgIpc) is 3.46. The standard InChI is InChI=1S/C18H24F3N3O4S/c1-28-15-6-3-13(11-16(15)29(26,27)22-14-4-5-14)17(25)24-8-2-7-23(9-10-24)12-18(19,20)21/h3,6,11,14,22H,2,4-5,7-10,12H2,1H3. The SMILES string of the molecule is COc1ccc(C(=O)N2CCCN(CC(F)(F)F)CC2)cc1S(=O)(=O)NC1CC1. The second-order valence-corrected chi connectivity index (χ2v) is 8.98. The third kappa shape index (κ3) is 5.83. The monoisotopic (exact) mass is 435 g/mol. The second kappa shape index (κ2) is 8.49. The van der Waals surface area contributed by atoms with Crippen molar-refractivity contribution in [3.63, 3.8) is 0 Å². The highest BCUT2D eigenvalue weighted by Crippen LogP contribution is 2.29. The number of amides is 1. The molecule has 0 atom stereocenters. The second-order valence-electron chi connectivity index (χ2n) is 7.30. The highest BCUT2D eigenvalue weighted by molar-refractivity contribution is 7.89. The van der Waals surface area contributed by atoms with Crippen LogP contribution in [-0.2, 0) is 10.0 Å². The van der Waals surface area contributed by atoms with Crippen LogP contribution in [0.3, 0.4) is 0 Å². The molecule has 1 heterocycles. The number of halogens is 3. The molecule has 1 aliphatic heterocycles. The molecule has 1 aromatic carbocycles. The summed E-state index contributed by atoms with van der Waals surface area (Å²) in [7, 11) is -2.50. The van der Waals surface area contributed by atoms with E-state index in [2.05, 4.69) is 4.72 Å². The lowest BCUT2D eigenvalue weighted by Crippen LogP contribution is -2.38. The molecule has 29 heavy (non-hydrogen) atoms. The first kappa shape index (κ1) is 21.8. The molecule has 1 saturated heterocycles. The number of rotatable bonds is 6. The Kier molecular flexibility index (Phi) is 6.39. The van der Waals surface area contributed by atoms with Crippen molar-refractivity contribution in [3.05, 3.63) is 23.8 Å². The number of ether oxygens (including phenoxy) is 1. The van der Waals surface area contributed by atoms with Crippen molar-refractivity contribution in [3.8, 4) is 5.75 Å². The highest BCUT2D eigenvalue weighted by Gasteiger charge is 2.33. The first-order chi connectivity index (χ1) is 13.6. The number of nitrogens with one attached hydrogen (secondary N) is 1. The molecule has 7 nitrogen and oxygen atoms in total. The van der Waals surface area contributed by atoms with Gasteiger partial charge in [0.2, 0.25) is 10.0 Å². The zero-order chi connectivity index (χ0) is 21.2. The van der Waals surface area contributed by atoms with Gasteiger partial charge < -0.3 is 9.64 Å². The third-order valence-corrected chi connectivity index (χ3v) is 6.42. The fraction of sp³-hybridized carbons (Fsp3) is 0.611. The van der Waals surface area contributed by atoms with Gasteiger partial charge in [-0.1, -0.05) is 0 Å². The van der Waals surface area contributed by atoms with Gasteiger partial charge in [-0.05, 0) is 37.5 Å². The van der Waals surface area contributed by atoms with Gasteiger partial charge in [0, 0.05) is 37.8 Å². The Labute approximate surface area is 167 Å². The molecule has 0 spiro atoms. The topological polar surface area (TPSA) is 79.0 Å². The number of carbonyl (C=O) groups is 1. The van der Waals surface area contributed by atoms with Crippen LogP contribution in [0.2, 0.25) is 0 Å². The van der Waals surface area contributed by atoms with Crippen LogP contribution in [0.15, 0.2) is 23.1 Å². The number of alkyl halides is 3. The molecule has 11 heteroatoms. The van der Waals surface area contributed by atoms with Crippen LogP contribution in [0.1, 0.15) is 29.6 Å². The maximum absolute atomic E-state index is 12.9. The van der Waals surface area contributed by atoms with Gasteiger partial charge in [0.25, 0.3) is 5.91 Å². The Morgan fingerprint density at radius 1 is 1.21 bits per heavy atom. The van der Waals surface area contributed by atoms with E-state index < -0.39 is 28.7 Å². The van der Waals surface area contributed by atoms with Crippen LogP contribution in [-0.4, -0.2) is 76.2 Å². The normalized spacial score (nSPS) is 19.1. The number of carbonyl (C=O) groups excluding carboxylic acids is 1. The summed E-state index contributed by atoms with van der Waals surface area (Å²) in [6, 6.07) is 4.05. The third-order valence-electron chi connectivity index (χ3n) is 4.88. The first-order valence-electron chi connectivity index (χ1n) is 9.38. The van der Waals surface area contributed by atoms with E-state index in [0.29, 0.717) is 13.0 Å². The van der Waals surface area contributed by atoms with Crippen molar-refractivity contribution in [1.82, 2.24) is 14.5 Å². The Balaban J connectivity index is 1.76. The lowest BCUT2D eigenvalue weighted by atomic mass is 10.2. The van der Waals surface area contributed by atoms with Crippen LogP contribution >= 0.6 is 0 Å². The lowest BCUT2D eigenvalue weighted by molar-refractivity contribution is -0.145. The van der Waals surface area contributed by atoms with Crippen molar-refractivity contribution in [1.29, 1.82) is 0 Å². The minimum atomic E-state index is -4.28. The number of sulfonamides is 1. The summed E-state index contributed by atoms with van der Waals surface area (Å²) in [5.41, 5.74) is 0.159. The van der Waals surface area contributed by atoms with Crippen LogP contribution in [0.4, 0.5) is 13.2 Å². The van der Waals surface area contributed by atoms with E-state index in [0.717, 1.165) is 12.8 Å². The molecule has 1 amide bonds. The van der Waals surface area contributed by atoms with Crippen LogP contribution in [0.5, 0.6) is 5.75 Å². The van der Waals surface area contributed by atoms with Gasteiger partial charge in [-0.15, -0.1) is 0 Å². The smallest absolute Gasteiger partial charge is 0.401 e. The minimum Gasteiger partial charge on any atom is -0.495 e. The zero-order valence-corrected chi connectivity index (χ0v) is 16.9. The molecule has 0 aromatic heterocycles. The summed E-state index contributed by atoms with van der Waals surface area (Å²) in [4.78, 5) is 15.5. The first-order valence-corrected chi connectivity index (χ1v) is 10.9. The lowest BCUT2D eigenvalue weighted by Gasteiger charge is -2.23. The Bertz CT molecular complexity index is 856. The maximum Gasteiger partial charge on any atom is 0.401 e. The van der Waals surface area contributed by atoms with Gasteiger partial charge in [0.15, 0.2) is 0 Å². The molecule has 1 N–H and O–H groups in total. The molecule has 0 unspecified atom stereocenters. The molecule has 3 rings (SSSR count). The molecule has 2 fully saturated rings. The molecule has 1 aromatic rings. The number of methoxy groups -OCH3 is 1. The van der Waals surface area contributed by atoms with Gasteiger partial charge in [-0.3, -0.25) is 9.69 Å².